The standard InChI is InChI=1S/C21H23ClN2O7S/c1-29-15-7-10-17(19(12-15)30-2)23-20(25)13-31-21(26)18-4-3-11-24(18)32(27,28)16-8-5-14(22)6-9-16/h5-10,12,18H,3-4,11,13H2,1-2H3,(H,23,25). The van der Waals surface area contributed by atoms with Gasteiger partial charge in [-0.2, -0.15) is 4.31 Å². The molecule has 1 fully saturated rings. The van der Waals surface area contributed by atoms with E-state index >= 15 is 0 Å². The van der Waals surface area contributed by atoms with Gasteiger partial charge in [0.15, 0.2) is 6.61 Å². The van der Waals surface area contributed by atoms with E-state index in [1.807, 2.05) is 0 Å². The molecular weight excluding hydrogens is 460 g/mol. The van der Waals surface area contributed by atoms with E-state index in [9.17, 15) is 18.0 Å². The van der Waals surface area contributed by atoms with Crippen molar-refractivity contribution < 1.29 is 32.2 Å². The highest BCUT2D eigenvalue weighted by Crippen LogP contribution is 2.29. The summed E-state index contributed by atoms with van der Waals surface area (Å²) in [7, 11) is -0.957. The number of anilines is 1. The highest BCUT2D eigenvalue weighted by Gasteiger charge is 2.40. The Labute approximate surface area is 191 Å². The van der Waals surface area contributed by atoms with Crippen LogP contribution >= 0.6 is 11.6 Å². The van der Waals surface area contributed by atoms with Gasteiger partial charge >= 0.3 is 5.97 Å². The van der Waals surface area contributed by atoms with Crippen molar-refractivity contribution in [3.05, 3.63) is 47.5 Å². The molecule has 9 nitrogen and oxygen atoms in total. The Morgan fingerprint density at radius 1 is 1.12 bits per heavy atom. The molecule has 1 heterocycles. The number of halogens is 1. The van der Waals surface area contributed by atoms with E-state index in [4.69, 9.17) is 25.8 Å². The smallest absolute Gasteiger partial charge is 0.324 e. The molecule has 11 heteroatoms. The third-order valence-corrected chi connectivity index (χ3v) is 7.10. The molecule has 1 amide bonds. The van der Waals surface area contributed by atoms with Crippen molar-refractivity contribution in [2.75, 3.05) is 32.7 Å². The number of sulfonamides is 1. The van der Waals surface area contributed by atoms with Crippen molar-refractivity contribution >= 4 is 39.2 Å². The molecule has 172 valence electrons. The molecule has 0 spiro atoms. The topological polar surface area (TPSA) is 111 Å². The maximum Gasteiger partial charge on any atom is 0.324 e. The SMILES string of the molecule is COc1ccc(NC(=O)COC(=O)C2CCCN2S(=O)(=O)c2ccc(Cl)cc2)c(OC)c1. The fourth-order valence-corrected chi connectivity index (χ4v) is 5.10. The zero-order chi connectivity index (χ0) is 23.3. The average molecular weight is 483 g/mol. The van der Waals surface area contributed by atoms with Gasteiger partial charge in [-0.1, -0.05) is 11.6 Å². The van der Waals surface area contributed by atoms with Crippen LogP contribution in [0.5, 0.6) is 11.5 Å². The van der Waals surface area contributed by atoms with Crippen LogP contribution in [0.25, 0.3) is 0 Å². The summed E-state index contributed by atoms with van der Waals surface area (Å²) in [6, 6.07) is 9.53. The predicted octanol–water partition coefficient (Wildman–Crippen LogP) is 2.69. The second-order valence-electron chi connectivity index (χ2n) is 6.95. The van der Waals surface area contributed by atoms with Crippen LogP contribution in [0.2, 0.25) is 5.02 Å². The lowest BCUT2D eigenvalue weighted by Gasteiger charge is -2.22. The first kappa shape index (κ1) is 23.8. The number of ether oxygens (including phenoxy) is 3. The molecule has 0 aromatic heterocycles. The van der Waals surface area contributed by atoms with Gasteiger partial charge in [0.05, 0.1) is 24.8 Å². The number of rotatable bonds is 8. The van der Waals surface area contributed by atoms with Gasteiger partial charge in [0.25, 0.3) is 5.91 Å². The summed E-state index contributed by atoms with van der Waals surface area (Å²) in [5.41, 5.74) is 0.377. The Kier molecular flexibility index (Phi) is 7.60. The number of carbonyl (C=O) groups is 2. The highest BCUT2D eigenvalue weighted by molar-refractivity contribution is 7.89. The first-order valence-corrected chi connectivity index (χ1v) is 11.5. The monoisotopic (exact) mass is 482 g/mol. The van der Waals surface area contributed by atoms with Crippen molar-refractivity contribution in [1.82, 2.24) is 4.31 Å². The number of amides is 1. The molecule has 0 aliphatic carbocycles. The maximum absolute atomic E-state index is 12.9. The molecular formula is C21H23ClN2O7S. The Morgan fingerprint density at radius 3 is 2.50 bits per heavy atom. The number of nitrogens with one attached hydrogen (secondary N) is 1. The Bertz CT molecular complexity index is 1090. The van der Waals surface area contributed by atoms with Gasteiger partial charge in [-0.05, 0) is 49.2 Å². The number of benzene rings is 2. The van der Waals surface area contributed by atoms with Crippen LogP contribution in [0, 0.1) is 0 Å². The van der Waals surface area contributed by atoms with E-state index in [-0.39, 0.29) is 11.4 Å². The third kappa shape index (κ3) is 5.32. The lowest BCUT2D eigenvalue weighted by atomic mass is 10.2. The van der Waals surface area contributed by atoms with Crippen molar-refractivity contribution in [2.24, 2.45) is 0 Å². The second-order valence-corrected chi connectivity index (χ2v) is 9.28. The third-order valence-electron chi connectivity index (χ3n) is 4.92. The molecule has 2 aromatic rings. The Hall–Kier alpha value is -2.82. The Morgan fingerprint density at radius 2 is 1.84 bits per heavy atom. The summed E-state index contributed by atoms with van der Waals surface area (Å²) < 4.78 is 42.4. The van der Waals surface area contributed by atoms with Crippen LogP contribution in [0.1, 0.15) is 12.8 Å². The minimum Gasteiger partial charge on any atom is -0.497 e. The highest BCUT2D eigenvalue weighted by atomic mass is 35.5. The predicted molar refractivity (Wildman–Crippen MR) is 118 cm³/mol. The average Bonchev–Trinajstić information content (AvgIpc) is 3.29. The molecule has 3 rings (SSSR count). The minimum atomic E-state index is -3.91. The molecule has 1 aliphatic rings. The lowest BCUT2D eigenvalue weighted by molar-refractivity contribution is -0.150. The van der Waals surface area contributed by atoms with Crippen molar-refractivity contribution in [2.45, 2.75) is 23.8 Å². The van der Waals surface area contributed by atoms with Gasteiger partial charge in [0.2, 0.25) is 10.0 Å². The number of carbonyl (C=O) groups excluding carboxylic acids is 2. The van der Waals surface area contributed by atoms with Crippen LogP contribution in [0.4, 0.5) is 5.69 Å². The second kappa shape index (κ2) is 10.2. The molecule has 0 saturated carbocycles. The summed E-state index contributed by atoms with van der Waals surface area (Å²) >= 11 is 5.83. The zero-order valence-corrected chi connectivity index (χ0v) is 19.1. The van der Waals surface area contributed by atoms with Crippen LogP contribution in [0.3, 0.4) is 0 Å². The maximum atomic E-state index is 12.9. The fraction of sp³-hybridized carbons (Fsp3) is 0.333. The summed E-state index contributed by atoms with van der Waals surface area (Å²) in [6.07, 6.45) is 0.807. The largest absolute Gasteiger partial charge is 0.497 e. The number of nitrogens with zero attached hydrogens (tertiary/aromatic N) is 1. The van der Waals surface area contributed by atoms with Crippen molar-refractivity contribution in [3.8, 4) is 11.5 Å². The van der Waals surface area contributed by atoms with Crippen LogP contribution in [0.15, 0.2) is 47.4 Å². The van der Waals surface area contributed by atoms with E-state index in [0.717, 1.165) is 4.31 Å². The molecule has 2 aromatic carbocycles. The number of methoxy groups -OCH3 is 2. The zero-order valence-electron chi connectivity index (χ0n) is 17.5. The fourth-order valence-electron chi connectivity index (χ4n) is 3.33. The van der Waals surface area contributed by atoms with Gasteiger partial charge in [-0.15, -0.1) is 0 Å². The lowest BCUT2D eigenvalue weighted by Crippen LogP contribution is -2.42. The minimum absolute atomic E-state index is 0.0333. The van der Waals surface area contributed by atoms with E-state index < -0.39 is 34.5 Å². The summed E-state index contributed by atoms with van der Waals surface area (Å²) in [5.74, 6) is -0.446. The van der Waals surface area contributed by atoms with E-state index in [2.05, 4.69) is 5.32 Å². The molecule has 32 heavy (non-hydrogen) atoms. The summed E-state index contributed by atoms with van der Waals surface area (Å²) in [6.45, 7) is -0.390. The number of hydrogen-bond donors (Lipinski definition) is 1. The molecule has 0 radical (unpaired) electrons. The van der Waals surface area contributed by atoms with Crippen LogP contribution in [-0.2, 0) is 24.3 Å². The molecule has 1 aliphatic heterocycles. The van der Waals surface area contributed by atoms with Gasteiger partial charge < -0.3 is 19.5 Å². The first-order valence-electron chi connectivity index (χ1n) is 9.72. The van der Waals surface area contributed by atoms with Gasteiger partial charge in [-0.3, -0.25) is 9.59 Å². The van der Waals surface area contributed by atoms with Crippen molar-refractivity contribution in [3.63, 3.8) is 0 Å². The Balaban J connectivity index is 1.63. The van der Waals surface area contributed by atoms with Gasteiger partial charge in [0, 0.05) is 17.6 Å². The molecule has 1 saturated heterocycles. The van der Waals surface area contributed by atoms with Gasteiger partial charge in [-0.25, -0.2) is 8.42 Å². The van der Waals surface area contributed by atoms with E-state index in [0.29, 0.717) is 35.1 Å². The normalized spacial score (nSPS) is 16.4. The molecule has 1 unspecified atom stereocenters. The van der Waals surface area contributed by atoms with E-state index in [1.54, 1.807) is 18.2 Å². The summed E-state index contributed by atoms with van der Waals surface area (Å²) in [4.78, 5) is 24.9. The molecule has 1 atom stereocenters. The quantitative estimate of drug-likeness (QED) is 0.576. The number of hydrogen-bond acceptors (Lipinski definition) is 7. The first-order chi connectivity index (χ1) is 15.3. The number of esters is 1. The van der Waals surface area contributed by atoms with E-state index in [1.165, 1.54) is 38.5 Å². The van der Waals surface area contributed by atoms with Crippen LogP contribution < -0.4 is 14.8 Å². The molecule has 0 bridgehead atoms. The molecule has 1 N–H and O–H groups in total. The van der Waals surface area contributed by atoms with Gasteiger partial charge in [0.1, 0.15) is 17.5 Å². The summed E-state index contributed by atoms with van der Waals surface area (Å²) in [5, 5.41) is 2.99. The van der Waals surface area contributed by atoms with Crippen LogP contribution in [-0.4, -0.2) is 58.0 Å². The van der Waals surface area contributed by atoms with Crippen molar-refractivity contribution in [1.29, 1.82) is 0 Å².